The van der Waals surface area contributed by atoms with E-state index in [0.717, 1.165) is 11.3 Å². The Labute approximate surface area is 183 Å². The summed E-state index contributed by atoms with van der Waals surface area (Å²) in [4.78, 5) is 43.7. The number of nitrogens with zero attached hydrogens (tertiary/aromatic N) is 5. The highest BCUT2D eigenvalue weighted by Crippen LogP contribution is 2.30. The molecule has 3 rings (SSSR count). The second-order valence-corrected chi connectivity index (χ2v) is 9.68. The lowest BCUT2D eigenvalue weighted by molar-refractivity contribution is -0.118. The summed E-state index contributed by atoms with van der Waals surface area (Å²) in [7, 11) is 5.40. The van der Waals surface area contributed by atoms with Crippen molar-refractivity contribution in [1.82, 2.24) is 24.5 Å². The maximum atomic E-state index is 13.2. The van der Waals surface area contributed by atoms with Gasteiger partial charge in [0.15, 0.2) is 5.78 Å². The Balaban J connectivity index is 1.92. The zero-order valence-corrected chi connectivity index (χ0v) is 19.5. The number of ether oxygens (including phenoxy) is 1. The van der Waals surface area contributed by atoms with Crippen LogP contribution in [0.1, 0.15) is 49.4 Å². The molecule has 0 unspecified atom stereocenters. The summed E-state index contributed by atoms with van der Waals surface area (Å²) in [5.74, 6) is -0.607. The predicted octanol–water partition coefficient (Wildman–Crippen LogP) is 1.91. The van der Waals surface area contributed by atoms with Crippen LogP contribution in [0.25, 0.3) is 0 Å². The molecule has 0 spiro atoms. The van der Waals surface area contributed by atoms with Gasteiger partial charge in [-0.2, -0.15) is 5.10 Å². The van der Waals surface area contributed by atoms with Gasteiger partial charge in [0, 0.05) is 51.9 Å². The number of aromatic nitrogens is 2. The van der Waals surface area contributed by atoms with E-state index < -0.39 is 11.7 Å². The van der Waals surface area contributed by atoms with E-state index in [-0.39, 0.29) is 30.2 Å². The monoisotopic (exact) mass is 431 g/mol. The Morgan fingerprint density at radius 3 is 2.52 bits per heavy atom. The second kappa shape index (κ2) is 8.36. The van der Waals surface area contributed by atoms with Crippen molar-refractivity contribution in [2.75, 3.05) is 27.7 Å². The van der Waals surface area contributed by atoms with E-state index in [2.05, 4.69) is 5.10 Å². The van der Waals surface area contributed by atoms with Gasteiger partial charge < -0.3 is 19.4 Å². The van der Waals surface area contributed by atoms with Gasteiger partial charge in [0.2, 0.25) is 0 Å². The van der Waals surface area contributed by atoms with Crippen LogP contribution in [0.4, 0.5) is 4.79 Å². The van der Waals surface area contributed by atoms with E-state index in [9.17, 15) is 14.4 Å². The third kappa shape index (κ3) is 4.91. The van der Waals surface area contributed by atoms with E-state index in [1.54, 1.807) is 38.7 Å². The van der Waals surface area contributed by atoms with Crippen LogP contribution in [0, 0.1) is 5.92 Å². The maximum absolute atomic E-state index is 13.2. The highest BCUT2D eigenvalue weighted by molar-refractivity contribution is 5.97. The molecule has 0 aliphatic carbocycles. The molecule has 0 saturated carbocycles. The molecule has 2 aliphatic rings. The minimum Gasteiger partial charge on any atom is -0.444 e. The standard InChI is InChI=1S/C22H33N5O4/c1-14-10-17-16(13-26(14)21(30)31-22(2,3)4)19-20(29)25(7)11-15(12-27(19)23-17)18(28)8-9-24(5)6/h8-9,14-15H,10-13H2,1-7H3/b9-8+/t14-,15-/m1/s1. The lowest BCUT2D eigenvalue weighted by atomic mass is 9.99. The average Bonchev–Trinajstić information content (AvgIpc) is 2.93. The Morgan fingerprint density at radius 1 is 1.23 bits per heavy atom. The van der Waals surface area contributed by atoms with Gasteiger partial charge >= 0.3 is 6.09 Å². The first kappa shape index (κ1) is 22.8. The predicted molar refractivity (Wildman–Crippen MR) is 115 cm³/mol. The van der Waals surface area contributed by atoms with Crippen LogP contribution >= 0.6 is 0 Å². The second-order valence-electron chi connectivity index (χ2n) is 9.68. The molecule has 2 amide bonds. The molecule has 2 aliphatic heterocycles. The third-order valence-electron chi connectivity index (χ3n) is 5.49. The van der Waals surface area contributed by atoms with Crippen LogP contribution in [-0.2, 0) is 29.0 Å². The summed E-state index contributed by atoms with van der Waals surface area (Å²) in [5, 5.41) is 4.69. The van der Waals surface area contributed by atoms with E-state index in [1.165, 1.54) is 0 Å². The molecule has 31 heavy (non-hydrogen) atoms. The van der Waals surface area contributed by atoms with Crippen LogP contribution in [0.2, 0.25) is 0 Å². The zero-order chi connectivity index (χ0) is 23.1. The van der Waals surface area contributed by atoms with E-state index >= 15 is 0 Å². The fourth-order valence-electron chi connectivity index (χ4n) is 3.93. The number of allylic oxidation sites excluding steroid dienone is 1. The Morgan fingerprint density at radius 2 is 1.90 bits per heavy atom. The molecule has 0 aromatic carbocycles. The summed E-state index contributed by atoms with van der Waals surface area (Å²) >= 11 is 0. The molecule has 2 atom stereocenters. The molecule has 0 saturated heterocycles. The highest BCUT2D eigenvalue weighted by Gasteiger charge is 2.39. The van der Waals surface area contributed by atoms with Crippen LogP contribution in [0.15, 0.2) is 12.3 Å². The molecule has 1 aromatic rings. The van der Waals surface area contributed by atoms with Gasteiger partial charge in [-0.3, -0.25) is 14.3 Å². The SMILES string of the molecule is C[C@@H]1Cc2nn3c(c2CN1C(=O)OC(C)(C)C)C(=O)N(C)C[C@@H](C(=O)/C=C/N(C)C)C3. The normalized spacial score (nSPS) is 21.6. The van der Waals surface area contributed by atoms with E-state index in [1.807, 2.05) is 41.8 Å². The smallest absolute Gasteiger partial charge is 0.410 e. The van der Waals surface area contributed by atoms with Gasteiger partial charge in [-0.15, -0.1) is 0 Å². The molecule has 0 bridgehead atoms. The summed E-state index contributed by atoms with van der Waals surface area (Å²) in [6.45, 7) is 8.35. The number of fused-ring (bicyclic) bond motifs is 3. The first-order valence-corrected chi connectivity index (χ1v) is 10.6. The number of ketones is 1. The third-order valence-corrected chi connectivity index (χ3v) is 5.49. The number of carbonyl (C=O) groups excluding carboxylic acids is 3. The maximum Gasteiger partial charge on any atom is 0.410 e. The van der Waals surface area contributed by atoms with Crippen molar-refractivity contribution in [2.45, 2.75) is 58.8 Å². The van der Waals surface area contributed by atoms with Crippen molar-refractivity contribution >= 4 is 17.8 Å². The topological polar surface area (TPSA) is 88.0 Å². The lowest BCUT2D eigenvalue weighted by Crippen LogP contribution is -2.45. The van der Waals surface area contributed by atoms with Crippen LogP contribution < -0.4 is 0 Å². The summed E-state index contributed by atoms with van der Waals surface area (Å²) in [6.07, 6.45) is 3.39. The quantitative estimate of drug-likeness (QED) is 0.680. The van der Waals surface area contributed by atoms with Crippen molar-refractivity contribution in [1.29, 1.82) is 0 Å². The fourth-order valence-corrected chi connectivity index (χ4v) is 3.93. The zero-order valence-electron chi connectivity index (χ0n) is 19.5. The minimum atomic E-state index is -0.600. The summed E-state index contributed by atoms with van der Waals surface area (Å²) in [5.41, 5.74) is 1.42. The molecule has 0 N–H and O–H groups in total. The molecule has 9 heteroatoms. The Bertz CT molecular complexity index is 912. The summed E-state index contributed by atoms with van der Waals surface area (Å²) in [6, 6.07) is -0.102. The average molecular weight is 432 g/mol. The van der Waals surface area contributed by atoms with Gasteiger partial charge in [0.05, 0.1) is 24.7 Å². The van der Waals surface area contributed by atoms with Gasteiger partial charge in [0.25, 0.3) is 5.91 Å². The van der Waals surface area contributed by atoms with Gasteiger partial charge in [-0.05, 0) is 33.8 Å². The molecular formula is C22H33N5O4. The first-order chi connectivity index (χ1) is 14.4. The highest BCUT2D eigenvalue weighted by atomic mass is 16.6. The number of hydrogen-bond acceptors (Lipinski definition) is 6. The van der Waals surface area contributed by atoms with Crippen molar-refractivity contribution in [2.24, 2.45) is 5.92 Å². The molecule has 9 nitrogen and oxygen atoms in total. The van der Waals surface area contributed by atoms with E-state index in [0.29, 0.717) is 25.2 Å². The van der Waals surface area contributed by atoms with Gasteiger partial charge in [-0.1, -0.05) is 0 Å². The lowest BCUT2D eigenvalue weighted by Gasteiger charge is -2.34. The molecule has 1 aromatic heterocycles. The van der Waals surface area contributed by atoms with Crippen molar-refractivity contribution in [3.8, 4) is 0 Å². The van der Waals surface area contributed by atoms with Crippen LogP contribution in [0.3, 0.4) is 0 Å². The number of carbonyl (C=O) groups is 3. The Kier molecular flexibility index (Phi) is 6.16. The minimum absolute atomic E-state index is 0.0431. The molecular weight excluding hydrogens is 398 g/mol. The number of rotatable bonds is 3. The fraction of sp³-hybridized carbons (Fsp3) is 0.636. The molecule has 0 fully saturated rings. The largest absolute Gasteiger partial charge is 0.444 e. The molecule has 170 valence electrons. The van der Waals surface area contributed by atoms with E-state index in [4.69, 9.17) is 4.74 Å². The molecule has 0 radical (unpaired) electrons. The molecule has 3 heterocycles. The van der Waals surface area contributed by atoms with Crippen molar-refractivity contribution in [3.63, 3.8) is 0 Å². The van der Waals surface area contributed by atoms with Crippen LogP contribution in [-0.4, -0.2) is 81.6 Å². The number of amides is 2. The van der Waals surface area contributed by atoms with Gasteiger partial charge in [0.1, 0.15) is 11.3 Å². The summed E-state index contributed by atoms with van der Waals surface area (Å²) < 4.78 is 7.22. The van der Waals surface area contributed by atoms with Gasteiger partial charge in [-0.25, -0.2) is 4.79 Å². The van der Waals surface area contributed by atoms with Crippen molar-refractivity contribution in [3.05, 3.63) is 29.2 Å². The Hall–Kier alpha value is -2.84. The first-order valence-electron chi connectivity index (χ1n) is 10.6. The number of hydrogen-bond donors (Lipinski definition) is 0. The van der Waals surface area contributed by atoms with Crippen molar-refractivity contribution < 1.29 is 19.1 Å². The van der Waals surface area contributed by atoms with Crippen LogP contribution in [0.5, 0.6) is 0 Å².